The van der Waals surface area contributed by atoms with E-state index in [2.05, 4.69) is 10.6 Å². The monoisotopic (exact) mass is 337 g/mol. The Morgan fingerprint density at radius 2 is 1.91 bits per heavy atom. The van der Waals surface area contributed by atoms with E-state index in [1.54, 1.807) is 4.90 Å². The van der Waals surface area contributed by atoms with Gasteiger partial charge in [0.15, 0.2) is 0 Å². The largest absolute Gasteiger partial charge is 0.355 e. The Labute approximate surface area is 140 Å². The molecule has 6 nitrogen and oxygen atoms in total. The van der Waals surface area contributed by atoms with Gasteiger partial charge in [0, 0.05) is 50.1 Å². The van der Waals surface area contributed by atoms with Gasteiger partial charge in [-0.25, -0.2) is 0 Å². The van der Waals surface area contributed by atoms with Gasteiger partial charge in [-0.05, 0) is 24.1 Å². The molecule has 3 amide bonds. The Morgan fingerprint density at radius 3 is 2.65 bits per heavy atom. The Balaban J connectivity index is 1.77. The van der Waals surface area contributed by atoms with Gasteiger partial charge in [0.1, 0.15) is 0 Å². The van der Waals surface area contributed by atoms with Crippen LogP contribution in [0.4, 0.5) is 5.69 Å². The number of rotatable bonds is 6. The summed E-state index contributed by atoms with van der Waals surface area (Å²) in [6.07, 6.45) is 1.02. The molecule has 0 saturated carbocycles. The highest BCUT2D eigenvalue weighted by atomic mass is 35.5. The molecule has 0 fully saturated rings. The molecule has 0 aromatic heterocycles. The van der Waals surface area contributed by atoms with Gasteiger partial charge < -0.3 is 15.5 Å². The highest BCUT2D eigenvalue weighted by molar-refractivity contribution is 6.32. The Morgan fingerprint density at radius 1 is 1.17 bits per heavy atom. The van der Waals surface area contributed by atoms with Crippen molar-refractivity contribution in [2.24, 2.45) is 0 Å². The fourth-order valence-corrected chi connectivity index (χ4v) is 2.80. The Bertz CT molecular complexity index is 619. The molecule has 0 unspecified atom stereocenters. The van der Waals surface area contributed by atoms with Crippen molar-refractivity contribution in [1.82, 2.24) is 10.6 Å². The van der Waals surface area contributed by atoms with Crippen LogP contribution in [0.1, 0.15) is 25.3 Å². The molecule has 0 saturated heterocycles. The number of amides is 3. The third kappa shape index (κ3) is 4.69. The van der Waals surface area contributed by atoms with Crippen molar-refractivity contribution in [1.29, 1.82) is 0 Å². The van der Waals surface area contributed by atoms with Crippen LogP contribution in [-0.2, 0) is 20.8 Å². The third-order valence-corrected chi connectivity index (χ3v) is 4.01. The molecule has 0 radical (unpaired) electrons. The summed E-state index contributed by atoms with van der Waals surface area (Å²) in [5, 5.41) is 5.93. The van der Waals surface area contributed by atoms with Crippen molar-refractivity contribution in [3.05, 3.63) is 28.8 Å². The number of hydrogen-bond donors (Lipinski definition) is 2. The summed E-state index contributed by atoms with van der Waals surface area (Å²) in [6.45, 7) is 2.75. The average molecular weight is 338 g/mol. The van der Waals surface area contributed by atoms with Gasteiger partial charge in [-0.3, -0.25) is 14.4 Å². The van der Waals surface area contributed by atoms with Crippen molar-refractivity contribution in [3.8, 4) is 0 Å². The normalized spacial score (nSPS) is 12.7. The summed E-state index contributed by atoms with van der Waals surface area (Å²) in [5.41, 5.74) is 1.83. The van der Waals surface area contributed by atoms with Crippen LogP contribution in [0.5, 0.6) is 0 Å². The lowest BCUT2D eigenvalue weighted by Crippen LogP contribution is -2.35. The maximum Gasteiger partial charge on any atom is 0.227 e. The first kappa shape index (κ1) is 17.3. The molecular formula is C16H20ClN3O3. The predicted octanol–water partition coefficient (Wildman–Crippen LogP) is 1.26. The summed E-state index contributed by atoms with van der Waals surface area (Å²) in [6, 6.07) is 5.51. The summed E-state index contributed by atoms with van der Waals surface area (Å²) >= 11 is 6.13. The standard InChI is InChI=1S/C16H20ClN3O3/c1-11(21)18-8-9-19-15(22)5-6-16(23)20-10-7-12-13(17)3-2-4-14(12)20/h2-4H,5-10H2,1H3,(H,18,21)(H,19,22). The van der Waals surface area contributed by atoms with Crippen LogP contribution in [0.2, 0.25) is 5.02 Å². The van der Waals surface area contributed by atoms with E-state index >= 15 is 0 Å². The van der Waals surface area contributed by atoms with Crippen LogP contribution >= 0.6 is 11.6 Å². The number of anilines is 1. The van der Waals surface area contributed by atoms with E-state index in [0.717, 1.165) is 17.7 Å². The number of benzene rings is 1. The van der Waals surface area contributed by atoms with Crippen LogP contribution in [0, 0.1) is 0 Å². The molecule has 0 aliphatic carbocycles. The van der Waals surface area contributed by atoms with Gasteiger partial charge in [0.2, 0.25) is 17.7 Å². The van der Waals surface area contributed by atoms with E-state index in [-0.39, 0.29) is 30.6 Å². The van der Waals surface area contributed by atoms with Crippen molar-refractivity contribution in [2.45, 2.75) is 26.2 Å². The minimum atomic E-state index is -0.200. The maximum absolute atomic E-state index is 12.3. The lowest BCUT2D eigenvalue weighted by Gasteiger charge is -2.17. The molecule has 1 aromatic rings. The molecule has 1 aromatic carbocycles. The minimum Gasteiger partial charge on any atom is -0.355 e. The zero-order chi connectivity index (χ0) is 16.8. The summed E-state index contributed by atoms with van der Waals surface area (Å²) in [7, 11) is 0. The minimum absolute atomic E-state index is 0.0805. The van der Waals surface area contributed by atoms with Gasteiger partial charge in [0.25, 0.3) is 0 Å². The van der Waals surface area contributed by atoms with Gasteiger partial charge in [-0.1, -0.05) is 17.7 Å². The van der Waals surface area contributed by atoms with Crippen LogP contribution < -0.4 is 15.5 Å². The number of fused-ring (bicyclic) bond motifs is 1. The lowest BCUT2D eigenvalue weighted by atomic mass is 10.2. The molecule has 1 heterocycles. The molecular weight excluding hydrogens is 318 g/mol. The molecule has 7 heteroatoms. The Hall–Kier alpha value is -2.08. The molecule has 0 spiro atoms. The van der Waals surface area contributed by atoms with Gasteiger partial charge in [-0.2, -0.15) is 0 Å². The van der Waals surface area contributed by atoms with Crippen molar-refractivity contribution < 1.29 is 14.4 Å². The second-order valence-corrected chi connectivity index (χ2v) is 5.77. The smallest absolute Gasteiger partial charge is 0.227 e. The molecule has 0 atom stereocenters. The first-order valence-corrected chi connectivity index (χ1v) is 7.95. The van der Waals surface area contributed by atoms with Gasteiger partial charge in [-0.15, -0.1) is 0 Å². The highest BCUT2D eigenvalue weighted by Crippen LogP contribution is 2.33. The van der Waals surface area contributed by atoms with E-state index in [9.17, 15) is 14.4 Å². The summed E-state index contributed by atoms with van der Waals surface area (Å²) in [5.74, 6) is -0.418. The van der Waals surface area contributed by atoms with Crippen molar-refractivity contribution in [3.63, 3.8) is 0 Å². The van der Waals surface area contributed by atoms with E-state index < -0.39 is 0 Å². The molecule has 23 heavy (non-hydrogen) atoms. The molecule has 0 bridgehead atoms. The number of halogens is 1. The molecule has 1 aliphatic rings. The van der Waals surface area contributed by atoms with Gasteiger partial charge >= 0.3 is 0 Å². The number of nitrogens with one attached hydrogen (secondary N) is 2. The molecule has 124 valence electrons. The zero-order valence-electron chi connectivity index (χ0n) is 13.0. The van der Waals surface area contributed by atoms with Crippen LogP contribution in [0.15, 0.2) is 18.2 Å². The van der Waals surface area contributed by atoms with Crippen molar-refractivity contribution in [2.75, 3.05) is 24.5 Å². The van der Waals surface area contributed by atoms with Crippen molar-refractivity contribution >= 4 is 35.0 Å². The van der Waals surface area contributed by atoms with E-state index in [1.165, 1.54) is 6.92 Å². The first-order valence-electron chi connectivity index (χ1n) is 7.58. The SMILES string of the molecule is CC(=O)NCCNC(=O)CCC(=O)N1CCc2c(Cl)cccc21. The fraction of sp³-hybridized carbons (Fsp3) is 0.438. The van der Waals surface area contributed by atoms with Gasteiger partial charge in [0.05, 0.1) is 0 Å². The fourth-order valence-electron chi connectivity index (χ4n) is 2.54. The second kappa shape index (κ2) is 7.97. The average Bonchev–Trinajstić information content (AvgIpc) is 2.94. The number of hydrogen-bond acceptors (Lipinski definition) is 3. The third-order valence-electron chi connectivity index (χ3n) is 3.66. The predicted molar refractivity (Wildman–Crippen MR) is 88.4 cm³/mol. The highest BCUT2D eigenvalue weighted by Gasteiger charge is 2.26. The van der Waals surface area contributed by atoms with Crippen LogP contribution in [-0.4, -0.2) is 37.4 Å². The van der Waals surface area contributed by atoms with E-state index in [1.807, 2.05) is 18.2 Å². The Kier molecular flexibility index (Phi) is 5.98. The van der Waals surface area contributed by atoms with E-state index in [4.69, 9.17) is 11.6 Å². The number of nitrogens with zero attached hydrogens (tertiary/aromatic N) is 1. The zero-order valence-corrected chi connectivity index (χ0v) is 13.8. The maximum atomic E-state index is 12.3. The topological polar surface area (TPSA) is 78.5 Å². The molecule has 2 rings (SSSR count). The molecule has 2 N–H and O–H groups in total. The van der Waals surface area contributed by atoms with E-state index in [0.29, 0.717) is 24.7 Å². The molecule has 1 aliphatic heterocycles. The quantitative estimate of drug-likeness (QED) is 0.767. The first-order chi connectivity index (χ1) is 11.0. The van der Waals surface area contributed by atoms with Crippen LogP contribution in [0.25, 0.3) is 0 Å². The number of carbonyl (C=O) groups is 3. The summed E-state index contributed by atoms with van der Waals surface area (Å²) < 4.78 is 0. The van der Waals surface area contributed by atoms with Crippen LogP contribution in [0.3, 0.4) is 0 Å². The second-order valence-electron chi connectivity index (χ2n) is 5.37. The number of carbonyl (C=O) groups excluding carboxylic acids is 3. The lowest BCUT2D eigenvalue weighted by molar-refractivity contribution is -0.125. The summed E-state index contributed by atoms with van der Waals surface area (Å²) in [4.78, 5) is 36.4.